The topological polar surface area (TPSA) is 45.5 Å². The van der Waals surface area contributed by atoms with Gasteiger partial charge in [0.25, 0.3) is 5.91 Å². The SMILES string of the molecule is O=C(N[C@@H]1CC2CCN(C2)C1)c1ccc2ccoc2c1. The lowest BCUT2D eigenvalue weighted by Crippen LogP contribution is -2.47. The van der Waals surface area contributed by atoms with E-state index >= 15 is 0 Å². The number of furan rings is 1. The molecular weight excluding hydrogens is 252 g/mol. The van der Waals surface area contributed by atoms with Crippen molar-refractivity contribution in [3.8, 4) is 0 Å². The van der Waals surface area contributed by atoms with Crippen molar-refractivity contribution < 1.29 is 9.21 Å². The molecular formula is C16H18N2O2. The van der Waals surface area contributed by atoms with Gasteiger partial charge in [-0.2, -0.15) is 0 Å². The number of carbonyl (C=O) groups is 1. The smallest absolute Gasteiger partial charge is 0.251 e. The number of amides is 1. The monoisotopic (exact) mass is 270 g/mol. The summed E-state index contributed by atoms with van der Waals surface area (Å²) in [5.74, 6) is 0.775. The van der Waals surface area contributed by atoms with Crippen LogP contribution in [0.2, 0.25) is 0 Å². The van der Waals surface area contributed by atoms with Gasteiger partial charge < -0.3 is 14.6 Å². The maximum atomic E-state index is 12.3. The van der Waals surface area contributed by atoms with Gasteiger partial charge in [0.1, 0.15) is 5.58 Å². The van der Waals surface area contributed by atoms with Crippen molar-refractivity contribution in [2.45, 2.75) is 18.9 Å². The quantitative estimate of drug-likeness (QED) is 0.910. The lowest BCUT2D eigenvalue weighted by Gasteiger charge is -2.30. The summed E-state index contributed by atoms with van der Waals surface area (Å²) in [4.78, 5) is 14.8. The van der Waals surface area contributed by atoms with Crippen molar-refractivity contribution in [3.63, 3.8) is 0 Å². The Labute approximate surface area is 117 Å². The Balaban J connectivity index is 1.49. The van der Waals surface area contributed by atoms with Crippen molar-refractivity contribution >= 4 is 16.9 Å². The van der Waals surface area contributed by atoms with Crippen LogP contribution in [0.3, 0.4) is 0 Å². The fraction of sp³-hybridized carbons (Fsp3) is 0.438. The van der Waals surface area contributed by atoms with Crippen molar-refractivity contribution in [1.29, 1.82) is 0 Å². The van der Waals surface area contributed by atoms with Gasteiger partial charge in [0.2, 0.25) is 0 Å². The highest BCUT2D eigenvalue weighted by Gasteiger charge is 2.32. The minimum atomic E-state index is 0.0100. The number of hydrogen-bond acceptors (Lipinski definition) is 3. The Bertz CT molecular complexity index is 637. The van der Waals surface area contributed by atoms with Crippen molar-refractivity contribution in [2.75, 3.05) is 19.6 Å². The fourth-order valence-electron chi connectivity index (χ4n) is 3.53. The van der Waals surface area contributed by atoms with Crippen molar-refractivity contribution in [3.05, 3.63) is 36.1 Å². The molecule has 3 heterocycles. The Hall–Kier alpha value is -1.81. The molecule has 20 heavy (non-hydrogen) atoms. The maximum Gasteiger partial charge on any atom is 0.251 e. The highest BCUT2D eigenvalue weighted by molar-refractivity contribution is 5.97. The number of hydrogen-bond donors (Lipinski definition) is 1. The first-order chi connectivity index (χ1) is 9.78. The number of benzene rings is 1. The Kier molecular flexibility index (Phi) is 2.77. The second-order valence-electron chi connectivity index (χ2n) is 5.99. The van der Waals surface area contributed by atoms with Gasteiger partial charge in [-0.25, -0.2) is 0 Å². The molecule has 0 radical (unpaired) electrons. The van der Waals surface area contributed by atoms with E-state index in [-0.39, 0.29) is 11.9 Å². The number of rotatable bonds is 2. The minimum Gasteiger partial charge on any atom is -0.464 e. The van der Waals surface area contributed by atoms with Gasteiger partial charge in [-0.15, -0.1) is 0 Å². The van der Waals surface area contributed by atoms with Crippen LogP contribution in [0.15, 0.2) is 34.9 Å². The van der Waals surface area contributed by atoms with Crippen LogP contribution in [0.25, 0.3) is 11.0 Å². The van der Waals surface area contributed by atoms with E-state index in [1.54, 1.807) is 6.26 Å². The number of fused-ring (bicyclic) bond motifs is 3. The highest BCUT2D eigenvalue weighted by Crippen LogP contribution is 2.27. The van der Waals surface area contributed by atoms with Crippen LogP contribution in [0.5, 0.6) is 0 Å². The molecule has 2 aromatic rings. The normalized spacial score (nSPS) is 28.7. The summed E-state index contributed by atoms with van der Waals surface area (Å²) in [5, 5.41) is 4.20. The number of carbonyl (C=O) groups excluding carboxylic acids is 1. The second-order valence-corrected chi connectivity index (χ2v) is 5.99. The van der Waals surface area contributed by atoms with Crippen LogP contribution in [0.1, 0.15) is 23.2 Å². The third-order valence-corrected chi connectivity index (χ3v) is 4.52. The largest absolute Gasteiger partial charge is 0.464 e. The predicted octanol–water partition coefficient (Wildman–Crippen LogP) is 2.26. The molecule has 0 saturated carbocycles. The molecule has 4 rings (SSSR count). The van der Waals surface area contributed by atoms with Gasteiger partial charge in [-0.3, -0.25) is 4.79 Å². The molecule has 0 spiro atoms. The van der Waals surface area contributed by atoms with Gasteiger partial charge >= 0.3 is 0 Å². The first-order valence-electron chi connectivity index (χ1n) is 7.28. The van der Waals surface area contributed by atoms with Gasteiger partial charge in [0, 0.05) is 30.1 Å². The molecule has 2 aliphatic heterocycles. The number of piperidine rings is 1. The zero-order valence-electron chi connectivity index (χ0n) is 11.3. The van der Waals surface area contributed by atoms with E-state index in [2.05, 4.69) is 10.2 Å². The molecule has 1 N–H and O–H groups in total. The molecule has 2 bridgehead atoms. The molecule has 1 aromatic carbocycles. The highest BCUT2D eigenvalue weighted by atomic mass is 16.3. The summed E-state index contributed by atoms with van der Waals surface area (Å²) in [6.07, 6.45) is 4.05. The summed E-state index contributed by atoms with van der Waals surface area (Å²) < 4.78 is 5.35. The van der Waals surface area contributed by atoms with Crippen molar-refractivity contribution in [2.24, 2.45) is 5.92 Å². The van der Waals surface area contributed by atoms with Gasteiger partial charge in [0.05, 0.1) is 6.26 Å². The summed E-state index contributed by atoms with van der Waals surface area (Å²) in [7, 11) is 0. The molecule has 0 aliphatic carbocycles. The third kappa shape index (κ3) is 2.10. The van der Waals surface area contributed by atoms with E-state index in [1.807, 2.05) is 24.3 Å². The summed E-state index contributed by atoms with van der Waals surface area (Å²) in [6.45, 7) is 3.39. The van der Waals surface area contributed by atoms with Crippen LogP contribution in [0, 0.1) is 5.92 Å². The average Bonchev–Trinajstić information content (AvgIpc) is 3.04. The summed E-state index contributed by atoms with van der Waals surface area (Å²) in [6, 6.07) is 7.81. The molecule has 2 unspecified atom stereocenters. The van der Waals surface area contributed by atoms with Gasteiger partial charge in [-0.05, 0) is 43.5 Å². The zero-order chi connectivity index (χ0) is 13.5. The lowest BCUT2D eigenvalue weighted by atomic mass is 9.96. The van der Waals surface area contributed by atoms with Crippen molar-refractivity contribution in [1.82, 2.24) is 10.2 Å². The third-order valence-electron chi connectivity index (χ3n) is 4.52. The van der Waals surface area contributed by atoms with E-state index in [0.29, 0.717) is 5.56 Å². The van der Waals surface area contributed by atoms with Crippen LogP contribution < -0.4 is 5.32 Å². The Morgan fingerprint density at radius 2 is 2.25 bits per heavy atom. The zero-order valence-corrected chi connectivity index (χ0v) is 11.3. The first-order valence-corrected chi connectivity index (χ1v) is 7.28. The van der Waals surface area contributed by atoms with Gasteiger partial charge in [-0.1, -0.05) is 6.07 Å². The van der Waals surface area contributed by atoms with E-state index in [0.717, 1.165) is 29.9 Å². The maximum absolute atomic E-state index is 12.3. The average molecular weight is 270 g/mol. The fourth-order valence-corrected chi connectivity index (χ4v) is 3.53. The number of nitrogens with zero attached hydrogens (tertiary/aromatic N) is 1. The van der Waals surface area contributed by atoms with Crippen LogP contribution >= 0.6 is 0 Å². The van der Waals surface area contributed by atoms with E-state index in [9.17, 15) is 4.79 Å². The van der Waals surface area contributed by atoms with E-state index < -0.39 is 0 Å². The lowest BCUT2D eigenvalue weighted by molar-refractivity contribution is 0.0909. The van der Waals surface area contributed by atoms with E-state index in [4.69, 9.17) is 4.42 Å². The predicted molar refractivity (Wildman–Crippen MR) is 76.6 cm³/mol. The molecule has 3 atom stereocenters. The second kappa shape index (κ2) is 4.63. The van der Waals surface area contributed by atoms with Gasteiger partial charge in [0.15, 0.2) is 0 Å². The van der Waals surface area contributed by atoms with Crippen LogP contribution in [0.4, 0.5) is 0 Å². The molecule has 1 aromatic heterocycles. The van der Waals surface area contributed by atoms with Crippen LogP contribution in [-0.4, -0.2) is 36.5 Å². The molecule has 2 saturated heterocycles. The Morgan fingerprint density at radius 1 is 1.30 bits per heavy atom. The molecule has 104 valence electrons. The molecule has 4 heteroatoms. The number of nitrogens with one attached hydrogen (secondary N) is 1. The molecule has 2 aliphatic rings. The molecule has 4 nitrogen and oxygen atoms in total. The standard InChI is InChI=1S/C16H18N2O2/c19-16(13-2-1-12-4-6-20-15(12)8-13)17-14-7-11-3-5-18(9-11)10-14/h1-2,4,6,8,11,14H,3,5,7,9-10H2,(H,17,19)/t11?,14-/m1/s1. The molecule has 1 amide bonds. The summed E-state index contributed by atoms with van der Waals surface area (Å²) in [5.41, 5.74) is 1.45. The van der Waals surface area contributed by atoms with Crippen LogP contribution in [-0.2, 0) is 0 Å². The Morgan fingerprint density at radius 3 is 3.15 bits per heavy atom. The minimum absolute atomic E-state index is 0.0100. The first kappa shape index (κ1) is 12.0. The molecule has 2 fully saturated rings. The summed E-state index contributed by atoms with van der Waals surface area (Å²) >= 11 is 0. The van der Waals surface area contributed by atoms with E-state index in [1.165, 1.54) is 19.5 Å².